The van der Waals surface area contributed by atoms with Gasteiger partial charge in [-0.3, -0.25) is 14.7 Å². The van der Waals surface area contributed by atoms with Crippen LogP contribution in [-0.4, -0.2) is 60.6 Å². The van der Waals surface area contributed by atoms with Crippen LogP contribution in [0.4, 0.5) is 0 Å². The van der Waals surface area contributed by atoms with Crippen molar-refractivity contribution in [2.75, 3.05) is 39.9 Å². The third-order valence-corrected chi connectivity index (χ3v) is 5.11. The Kier molecular flexibility index (Phi) is 4.45. The fourth-order valence-corrected chi connectivity index (χ4v) is 3.71. The van der Waals surface area contributed by atoms with Gasteiger partial charge in [-0.2, -0.15) is 0 Å². The minimum absolute atomic E-state index is 0.149. The maximum Gasteiger partial charge on any atom is 0.230 e. The molecule has 5 nitrogen and oxygen atoms in total. The van der Waals surface area contributed by atoms with E-state index in [1.165, 1.54) is 5.56 Å². The zero-order valence-corrected chi connectivity index (χ0v) is 13.5. The van der Waals surface area contributed by atoms with Crippen molar-refractivity contribution in [3.05, 3.63) is 29.6 Å². The van der Waals surface area contributed by atoms with Crippen LogP contribution in [0.15, 0.2) is 18.3 Å². The number of carbonyl (C=O) groups is 1. The minimum atomic E-state index is -0.149. The first-order valence-corrected chi connectivity index (χ1v) is 8.06. The standard InChI is InChI=1S/C17H25N3O2/c1-14-15(4-3-7-18-14)12-19-8-5-17(13-19)6-9-20(16(17)21)10-11-22-2/h3-4,7H,5-6,8-13H2,1-2H3. The van der Waals surface area contributed by atoms with Crippen molar-refractivity contribution in [3.63, 3.8) is 0 Å². The van der Waals surface area contributed by atoms with Crippen LogP contribution in [0.25, 0.3) is 0 Å². The molecule has 0 saturated carbocycles. The summed E-state index contributed by atoms with van der Waals surface area (Å²) in [5, 5.41) is 0. The molecule has 3 heterocycles. The number of methoxy groups -OCH3 is 1. The number of likely N-dealkylation sites (tertiary alicyclic amines) is 2. The number of carbonyl (C=O) groups excluding carboxylic acids is 1. The van der Waals surface area contributed by atoms with E-state index < -0.39 is 0 Å². The molecule has 1 atom stereocenters. The van der Waals surface area contributed by atoms with Crippen molar-refractivity contribution in [3.8, 4) is 0 Å². The van der Waals surface area contributed by atoms with Crippen LogP contribution in [0.1, 0.15) is 24.1 Å². The number of amides is 1. The highest BCUT2D eigenvalue weighted by molar-refractivity contribution is 5.85. The van der Waals surface area contributed by atoms with Gasteiger partial charge >= 0.3 is 0 Å². The molecule has 1 unspecified atom stereocenters. The van der Waals surface area contributed by atoms with Crippen molar-refractivity contribution in [1.29, 1.82) is 0 Å². The Bertz CT molecular complexity index is 548. The lowest BCUT2D eigenvalue weighted by Crippen LogP contribution is -2.38. The van der Waals surface area contributed by atoms with E-state index in [0.29, 0.717) is 12.5 Å². The molecule has 1 aromatic heterocycles. The van der Waals surface area contributed by atoms with E-state index in [9.17, 15) is 4.79 Å². The van der Waals surface area contributed by atoms with Crippen molar-refractivity contribution in [2.45, 2.75) is 26.3 Å². The van der Waals surface area contributed by atoms with Gasteiger partial charge in [0.15, 0.2) is 0 Å². The molecule has 120 valence electrons. The van der Waals surface area contributed by atoms with Crippen LogP contribution < -0.4 is 0 Å². The lowest BCUT2D eigenvalue weighted by atomic mass is 9.85. The number of pyridine rings is 1. The summed E-state index contributed by atoms with van der Waals surface area (Å²) in [5.41, 5.74) is 2.20. The SMILES string of the molecule is COCCN1CCC2(CCN(Cc3cccnc3C)C2)C1=O. The van der Waals surface area contributed by atoms with Crippen molar-refractivity contribution in [2.24, 2.45) is 5.41 Å². The van der Waals surface area contributed by atoms with E-state index in [1.807, 2.05) is 24.1 Å². The molecule has 1 aromatic rings. The van der Waals surface area contributed by atoms with Crippen LogP contribution in [0.3, 0.4) is 0 Å². The lowest BCUT2D eigenvalue weighted by molar-refractivity contribution is -0.136. The summed E-state index contributed by atoms with van der Waals surface area (Å²) in [6.45, 7) is 7.05. The summed E-state index contributed by atoms with van der Waals surface area (Å²) in [4.78, 5) is 21.5. The van der Waals surface area contributed by atoms with E-state index in [1.54, 1.807) is 7.11 Å². The number of hydrogen-bond acceptors (Lipinski definition) is 4. The summed E-state index contributed by atoms with van der Waals surface area (Å²) >= 11 is 0. The van der Waals surface area contributed by atoms with E-state index in [-0.39, 0.29) is 5.41 Å². The molecule has 0 aromatic carbocycles. The van der Waals surface area contributed by atoms with Gasteiger partial charge in [-0.15, -0.1) is 0 Å². The molecule has 0 N–H and O–H groups in total. The summed E-state index contributed by atoms with van der Waals surface area (Å²) in [5.74, 6) is 0.329. The van der Waals surface area contributed by atoms with Gasteiger partial charge in [-0.25, -0.2) is 0 Å². The molecule has 2 saturated heterocycles. The zero-order chi connectivity index (χ0) is 15.6. The average molecular weight is 303 g/mol. The third-order valence-electron chi connectivity index (χ3n) is 5.11. The maximum absolute atomic E-state index is 12.7. The molecule has 0 bridgehead atoms. The van der Waals surface area contributed by atoms with Gasteiger partial charge in [0.25, 0.3) is 0 Å². The van der Waals surface area contributed by atoms with E-state index in [4.69, 9.17) is 4.74 Å². The monoisotopic (exact) mass is 303 g/mol. The van der Waals surface area contributed by atoms with Gasteiger partial charge in [-0.05, 0) is 37.9 Å². The molecular weight excluding hydrogens is 278 g/mol. The summed E-state index contributed by atoms with van der Waals surface area (Å²) in [7, 11) is 1.68. The predicted octanol–water partition coefficient (Wildman–Crippen LogP) is 1.46. The zero-order valence-electron chi connectivity index (χ0n) is 13.5. The maximum atomic E-state index is 12.7. The topological polar surface area (TPSA) is 45.7 Å². The average Bonchev–Trinajstić information content (AvgIpc) is 3.06. The highest BCUT2D eigenvalue weighted by atomic mass is 16.5. The van der Waals surface area contributed by atoms with Gasteiger partial charge in [0.1, 0.15) is 0 Å². The second kappa shape index (κ2) is 6.34. The highest BCUT2D eigenvalue weighted by Crippen LogP contribution is 2.41. The molecule has 0 radical (unpaired) electrons. The molecule has 1 spiro atoms. The summed E-state index contributed by atoms with van der Waals surface area (Å²) in [6, 6.07) is 4.12. The Morgan fingerprint density at radius 3 is 2.95 bits per heavy atom. The molecular formula is C17H25N3O2. The Labute approximate surface area is 132 Å². The van der Waals surface area contributed by atoms with Crippen LogP contribution in [0.2, 0.25) is 0 Å². The molecule has 2 fully saturated rings. The second-order valence-electron chi connectivity index (χ2n) is 6.52. The smallest absolute Gasteiger partial charge is 0.230 e. The van der Waals surface area contributed by atoms with E-state index >= 15 is 0 Å². The molecule has 2 aliphatic heterocycles. The molecule has 0 aliphatic carbocycles. The van der Waals surface area contributed by atoms with Crippen LogP contribution >= 0.6 is 0 Å². The Hall–Kier alpha value is -1.46. The molecule has 3 rings (SSSR count). The van der Waals surface area contributed by atoms with Gasteiger partial charge in [0, 0.05) is 45.2 Å². The molecule has 2 aliphatic rings. The van der Waals surface area contributed by atoms with Crippen LogP contribution in [-0.2, 0) is 16.1 Å². The van der Waals surface area contributed by atoms with Crippen molar-refractivity contribution < 1.29 is 9.53 Å². The fourth-order valence-electron chi connectivity index (χ4n) is 3.71. The van der Waals surface area contributed by atoms with Gasteiger partial charge in [0.05, 0.1) is 12.0 Å². The van der Waals surface area contributed by atoms with Crippen molar-refractivity contribution >= 4 is 5.91 Å². The summed E-state index contributed by atoms with van der Waals surface area (Å²) < 4.78 is 5.11. The lowest BCUT2D eigenvalue weighted by Gasteiger charge is -2.24. The normalized spacial score (nSPS) is 25.5. The van der Waals surface area contributed by atoms with Gasteiger partial charge < -0.3 is 9.64 Å². The molecule has 22 heavy (non-hydrogen) atoms. The second-order valence-corrected chi connectivity index (χ2v) is 6.52. The Morgan fingerprint density at radius 2 is 2.18 bits per heavy atom. The van der Waals surface area contributed by atoms with E-state index in [2.05, 4.69) is 16.0 Å². The number of ether oxygens (including phenoxy) is 1. The van der Waals surface area contributed by atoms with Gasteiger partial charge in [0.2, 0.25) is 5.91 Å². The quantitative estimate of drug-likeness (QED) is 0.826. The fraction of sp³-hybridized carbons (Fsp3) is 0.647. The number of aromatic nitrogens is 1. The first-order chi connectivity index (χ1) is 10.6. The van der Waals surface area contributed by atoms with Crippen molar-refractivity contribution in [1.82, 2.24) is 14.8 Å². The largest absolute Gasteiger partial charge is 0.383 e. The Morgan fingerprint density at radius 1 is 1.36 bits per heavy atom. The minimum Gasteiger partial charge on any atom is -0.383 e. The van der Waals surface area contributed by atoms with Crippen LogP contribution in [0, 0.1) is 12.3 Å². The Balaban J connectivity index is 1.62. The summed E-state index contributed by atoms with van der Waals surface area (Å²) in [6.07, 6.45) is 3.80. The molecule has 1 amide bonds. The molecule has 5 heteroatoms. The number of hydrogen-bond donors (Lipinski definition) is 0. The highest BCUT2D eigenvalue weighted by Gasteiger charge is 2.50. The van der Waals surface area contributed by atoms with Gasteiger partial charge in [-0.1, -0.05) is 6.07 Å². The first kappa shape index (κ1) is 15.4. The van der Waals surface area contributed by atoms with E-state index in [0.717, 1.165) is 51.3 Å². The first-order valence-electron chi connectivity index (χ1n) is 8.06. The number of aryl methyl sites for hydroxylation is 1. The van der Waals surface area contributed by atoms with Crippen LogP contribution in [0.5, 0.6) is 0 Å². The number of nitrogens with zero attached hydrogens (tertiary/aromatic N) is 3. The number of rotatable bonds is 5. The third kappa shape index (κ3) is 2.88. The predicted molar refractivity (Wildman–Crippen MR) is 84.4 cm³/mol.